The Balaban J connectivity index is 2.10. The number of anilines is 1. The van der Waals surface area contributed by atoms with Gasteiger partial charge in [0.15, 0.2) is 0 Å². The number of halogens is 1. The highest BCUT2D eigenvalue weighted by Crippen LogP contribution is 2.32. The van der Waals surface area contributed by atoms with Crippen molar-refractivity contribution in [2.45, 2.75) is 25.8 Å². The van der Waals surface area contributed by atoms with Crippen LogP contribution in [-0.4, -0.2) is 16.9 Å². The van der Waals surface area contributed by atoms with Crippen LogP contribution in [0.4, 0.5) is 5.69 Å². The number of hydrogen-bond acceptors (Lipinski definition) is 3. The smallest absolute Gasteiger partial charge is 0.253 e. The molecular weight excluding hydrogens is 226 g/mol. The normalized spacial score (nSPS) is 16.9. The van der Waals surface area contributed by atoms with Gasteiger partial charge in [0.2, 0.25) is 0 Å². The molecule has 3 N–H and O–H groups in total. The van der Waals surface area contributed by atoms with Crippen molar-refractivity contribution in [3.63, 3.8) is 0 Å². The molecule has 0 bridgehead atoms. The van der Waals surface area contributed by atoms with Crippen molar-refractivity contribution < 1.29 is 4.79 Å². The Labute approximate surface area is 99.2 Å². The number of carbonyl (C=O) groups excluding carboxylic acids is 1. The van der Waals surface area contributed by atoms with Crippen LogP contribution in [0.15, 0.2) is 12.3 Å². The summed E-state index contributed by atoms with van der Waals surface area (Å²) in [5.74, 6) is 0.434. The second-order valence-electron chi connectivity index (χ2n) is 4.19. The van der Waals surface area contributed by atoms with Gasteiger partial charge in [0.05, 0.1) is 17.4 Å². The Hall–Kier alpha value is -1.29. The Morgan fingerprint density at radius 1 is 1.69 bits per heavy atom. The molecule has 1 aromatic rings. The van der Waals surface area contributed by atoms with Gasteiger partial charge < -0.3 is 11.1 Å². The second kappa shape index (κ2) is 4.29. The first-order valence-corrected chi connectivity index (χ1v) is 5.67. The number of rotatable bonds is 3. The standard InChI is InChI=1S/C11H14ClN3O/c1-6(7-2-3-7)15-11(16)8-4-10(12)14-5-9(8)13/h4-7H,2-3,13H2,1H3,(H,15,16). The summed E-state index contributed by atoms with van der Waals surface area (Å²) in [6.07, 6.45) is 3.78. The minimum Gasteiger partial charge on any atom is -0.397 e. The van der Waals surface area contributed by atoms with Gasteiger partial charge in [0.25, 0.3) is 5.91 Å². The summed E-state index contributed by atoms with van der Waals surface area (Å²) in [6, 6.07) is 1.69. The number of aromatic nitrogens is 1. The van der Waals surface area contributed by atoms with Gasteiger partial charge in [-0.3, -0.25) is 4.79 Å². The molecule has 1 aliphatic carbocycles. The first-order chi connectivity index (χ1) is 7.58. The van der Waals surface area contributed by atoms with Crippen LogP contribution in [0.5, 0.6) is 0 Å². The lowest BCUT2D eigenvalue weighted by Crippen LogP contribution is -2.34. The first kappa shape index (κ1) is 11.2. The maximum Gasteiger partial charge on any atom is 0.253 e. The average Bonchev–Trinajstić information content (AvgIpc) is 3.04. The lowest BCUT2D eigenvalue weighted by Gasteiger charge is -2.13. The largest absolute Gasteiger partial charge is 0.397 e. The van der Waals surface area contributed by atoms with E-state index in [1.807, 2.05) is 6.92 Å². The number of nitrogens with two attached hydrogens (primary N) is 1. The molecule has 1 aliphatic rings. The van der Waals surface area contributed by atoms with Crippen LogP contribution in [0.2, 0.25) is 5.15 Å². The summed E-state index contributed by atoms with van der Waals surface area (Å²) >= 11 is 5.73. The predicted octanol–water partition coefficient (Wildman–Crippen LogP) is 1.85. The van der Waals surface area contributed by atoms with Crippen LogP contribution < -0.4 is 11.1 Å². The zero-order valence-electron chi connectivity index (χ0n) is 9.03. The number of nitrogens with zero attached hydrogens (tertiary/aromatic N) is 1. The van der Waals surface area contributed by atoms with Gasteiger partial charge in [-0.2, -0.15) is 0 Å². The lowest BCUT2D eigenvalue weighted by molar-refractivity contribution is 0.0936. The van der Waals surface area contributed by atoms with E-state index in [9.17, 15) is 4.79 Å². The highest BCUT2D eigenvalue weighted by Gasteiger charge is 2.29. The molecule has 0 aliphatic heterocycles. The van der Waals surface area contributed by atoms with Crippen molar-refractivity contribution in [2.75, 3.05) is 5.73 Å². The minimum absolute atomic E-state index is 0.179. The zero-order valence-corrected chi connectivity index (χ0v) is 9.79. The number of nitrogens with one attached hydrogen (secondary N) is 1. The number of amides is 1. The van der Waals surface area contributed by atoms with Gasteiger partial charge in [-0.15, -0.1) is 0 Å². The second-order valence-corrected chi connectivity index (χ2v) is 4.58. The Morgan fingerprint density at radius 2 is 2.38 bits per heavy atom. The van der Waals surface area contributed by atoms with E-state index in [1.165, 1.54) is 25.1 Å². The fraction of sp³-hybridized carbons (Fsp3) is 0.455. The molecule has 4 nitrogen and oxygen atoms in total. The lowest BCUT2D eigenvalue weighted by atomic mass is 10.1. The fourth-order valence-corrected chi connectivity index (χ4v) is 1.79. The van der Waals surface area contributed by atoms with Crippen LogP contribution in [-0.2, 0) is 0 Å². The Morgan fingerprint density at radius 3 is 3.00 bits per heavy atom. The van der Waals surface area contributed by atoms with E-state index >= 15 is 0 Å². The van der Waals surface area contributed by atoms with Crippen LogP contribution >= 0.6 is 11.6 Å². The van der Waals surface area contributed by atoms with E-state index in [0.717, 1.165) is 0 Å². The molecular formula is C11H14ClN3O. The molecule has 0 spiro atoms. The number of nitrogen functional groups attached to an aromatic ring is 1. The van der Waals surface area contributed by atoms with Gasteiger partial charge in [0, 0.05) is 6.04 Å². The third kappa shape index (κ3) is 2.44. The number of pyridine rings is 1. The van der Waals surface area contributed by atoms with E-state index in [4.69, 9.17) is 17.3 Å². The predicted molar refractivity (Wildman–Crippen MR) is 63.3 cm³/mol. The van der Waals surface area contributed by atoms with Crippen molar-refractivity contribution >= 4 is 23.2 Å². The number of carbonyl (C=O) groups is 1. The summed E-state index contributed by atoms with van der Waals surface area (Å²) in [4.78, 5) is 15.7. The highest BCUT2D eigenvalue weighted by molar-refractivity contribution is 6.29. The molecule has 1 atom stereocenters. The zero-order chi connectivity index (χ0) is 11.7. The van der Waals surface area contributed by atoms with Gasteiger partial charge in [-0.25, -0.2) is 4.98 Å². The maximum absolute atomic E-state index is 11.9. The molecule has 5 heteroatoms. The molecule has 1 saturated carbocycles. The first-order valence-electron chi connectivity index (χ1n) is 5.30. The van der Waals surface area contributed by atoms with Crippen molar-refractivity contribution in [1.29, 1.82) is 0 Å². The molecule has 1 aromatic heterocycles. The molecule has 1 amide bonds. The number of hydrogen-bond donors (Lipinski definition) is 2. The Kier molecular flexibility index (Phi) is 3.01. The maximum atomic E-state index is 11.9. The minimum atomic E-state index is -0.179. The van der Waals surface area contributed by atoms with E-state index in [0.29, 0.717) is 17.2 Å². The third-order valence-electron chi connectivity index (χ3n) is 2.83. The molecule has 0 aromatic carbocycles. The van der Waals surface area contributed by atoms with E-state index in [-0.39, 0.29) is 17.1 Å². The van der Waals surface area contributed by atoms with Crippen LogP contribution in [0.25, 0.3) is 0 Å². The van der Waals surface area contributed by atoms with Crippen molar-refractivity contribution in [2.24, 2.45) is 5.92 Å². The molecule has 0 saturated heterocycles. The van der Waals surface area contributed by atoms with Gasteiger partial charge in [-0.1, -0.05) is 11.6 Å². The Bertz CT molecular complexity index is 418. The molecule has 16 heavy (non-hydrogen) atoms. The molecule has 1 heterocycles. The summed E-state index contributed by atoms with van der Waals surface area (Å²) < 4.78 is 0. The molecule has 0 radical (unpaired) electrons. The molecule has 1 unspecified atom stereocenters. The van der Waals surface area contributed by atoms with Crippen LogP contribution in [0.3, 0.4) is 0 Å². The third-order valence-corrected chi connectivity index (χ3v) is 3.04. The van der Waals surface area contributed by atoms with Crippen LogP contribution in [0.1, 0.15) is 30.1 Å². The SMILES string of the molecule is CC(NC(=O)c1cc(Cl)ncc1N)C1CC1. The highest BCUT2D eigenvalue weighted by atomic mass is 35.5. The van der Waals surface area contributed by atoms with Crippen molar-refractivity contribution in [1.82, 2.24) is 10.3 Å². The van der Waals surface area contributed by atoms with E-state index < -0.39 is 0 Å². The van der Waals surface area contributed by atoms with E-state index in [1.54, 1.807) is 0 Å². The van der Waals surface area contributed by atoms with Crippen molar-refractivity contribution in [3.8, 4) is 0 Å². The molecule has 1 fully saturated rings. The van der Waals surface area contributed by atoms with Gasteiger partial charge >= 0.3 is 0 Å². The van der Waals surface area contributed by atoms with Gasteiger partial charge in [0.1, 0.15) is 5.15 Å². The van der Waals surface area contributed by atoms with Crippen molar-refractivity contribution in [3.05, 3.63) is 23.0 Å². The van der Waals surface area contributed by atoms with Gasteiger partial charge in [-0.05, 0) is 31.7 Å². The summed E-state index contributed by atoms with van der Waals surface area (Å²) in [7, 11) is 0. The summed E-state index contributed by atoms with van der Waals surface area (Å²) in [6.45, 7) is 2.01. The average molecular weight is 240 g/mol. The molecule has 2 rings (SSSR count). The monoisotopic (exact) mass is 239 g/mol. The topological polar surface area (TPSA) is 68.0 Å². The summed E-state index contributed by atoms with van der Waals surface area (Å²) in [5.41, 5.74) is 6.42. The van der Waals surface area contributed by atoms with E-state index in [2.05, 4.69) is 10.3 Å². The fourth-order valence-electron chi connectivity index (χ4n) is 1.64. The summed E-state index contributed by atoms with van der Waals surface area (Å²) in [5, 5.41) is 3.20. The van der Waals surface area contributed by atoms with Crippen LogP contribution in [0, 0.1) is 5.92 Å². The quantitative estimate of drug-likeness (QED) is 0.791. The molecule has 86 valence electrons.